The van der Waals surface area contributed by atoms with Gasteiger partial charge in [-0.25, -0.2) is 0 Å². The van der Waals surface area contributed by atoms with Crippen molar-refractivity contribution in [3.63, 3.8) is 0 Å². The molecule has 0 atom stereocenters. The number of rotatable bonds is 2. The van der Waals surface area contributed by atoms with Crippen molar-refractivity contribution < 1.29 is 19.4 Å². The average molecular weight is 298 g/mol. The first-order chi connectivity index (χ1) is 9.69. The number of benzene rings is 1. The molecule has 2 aliphatic rings. The lowest BCUT2D eigenvalue weighted by molar-refractivity contribution is 0.0650. The maximum absolute atomic E-state index is 12.5. The van der Waals surface area contributed by atoms with Gasteiger partial charge >= 0.3 is 0 Å². The van der Waals surface area contributed by atoms with Gasteiger partial charge < -0.3 is 19.5 Å². The van der Waals surface area contributed by atoms with E-state index in [1.54, 1.807) is 17.0 Å². The molecule has 1 fully saturated rings. The highest BCUT2D eigenvalue weighted by molar-refractivity contribution is 6.32. The van der Waals surface area contributed by atoms with Crippen LogP contribution in [-0.2, 0) is 0 Å². The van der Waals surface area contributed by atoms with E-state index in [2.05, 4.69) is 0 Å². The van der Waals surface area contributed by atoms with Gasteiger partial charge in [0.15, 0.2) is 11.5 Å². The van der Waals surface area contributed by atoms with E-state index in [0.29, 0.717) is 41.1 Å². The zero-order chi connectivity index (χ0) is 14.1. The number of hydrogen-bond acceptors (Lipinski definition) is 4. The Morgan fingerprint density at radius 3 is 2.80 bits per heavy atom. The fourth-order valence-electron chi connectivity index (χ4n) is 2.59. The summed E-state index contributed by atoms with van der Waals surface area (Å²) in [5, 5.41) is 9.52. The van der Waals surface area contributed by atoms with Crippen LogP contribution in [0.1, 0.15) is 23.2 Å². The van der Waals surface area contributed by atoms with E-state index < -0.39 is 0 Å². The Bertz CT molecular complexity index is 526. The highest BCUT2D eigenvalue weighted by Gasteiger charge is 2.26. The molecule has 1 aromatic carbocycles. The number of piperidine rings is 1. The number of carbonyl (C=O) groups is 1. The van der Waals surface area contributed by atoms with Gasteiger partial charge in [-0.1, -0.05) is 11.6 Å². The number of likely N-dealkylation sites (tertiary alicyclic amines) is 1. The van der Waals surface area contributed by atoms with Crippen LogP contribution in [0.3, 0.4) is 0 Å². The normalized spacial score (nSPS) is 18.4. The molecular weight excluding hydrogens is 282 g/mol. The molecule has 0 unspecified atom stereocenters. The summed E-state index contributed by atoms with van der Waals surface area (Å²) in [4.78, 5) is 14.2. The standard InChI is InChI=1S/C14H16ClNO4/c15-11-5-10(6-12-13(11)20-8-19-12)14(18)16-3-1-9(7-17)2-4-16/h5-6,9,17H,1-4,7-8H2. The maximum atomic E-state index is 12.5. The molecule has 0 radical (unpaired) electrons. The third-order valence-corrected chi connectivity index (χ3v) is 4.11. The second kappa shape index (κ2) is 5.50. The lowest BCUT2D eigenvalue weighted by Gasteiger charge is -2.31. The molecule has 5 nitrogen and oxygen atoms in total. The second-order valence-electron chi connectivity index (χ2n) is 5.11. The monoisotopic (exact) mass is 297 g/mol. The van der Waals surface area contributed by atoms with E-state index in [1.165, 1.54) is 0 Å². The van der Waals surface area contributed by atoms with Crippen LogP contribution >= 0.6 is 11.6 Å². The summed E-state index contributed by atoms with van der Waals surface area (Å²) in [6.45, 7) is 1.65. The Labute approximate surface area is 122 Å². The summed E-state index contributed by atoms with van der Waals surface area (Å²) < 4.78 is 10.5. The third-order valence-electron chi connectivity index (χ3n) is 3.83. The number of amides is 1. The molecule has 1 N–H and O–H groups in total. The lowest BCUT2D eigenvalue weighted by Crippen LogP contribution is -2.39. The molecule has 0 aromatic heterocycles. The molecule has 0 saturated carbocycles. The van der Waals surface area contributed by atoms with Crippen LogP contribution in [0.2, 0.25) is 5.02 Å². The molecule has 0 bridgehead atoms. The van der Waals surface area contributed by atoms with Gasteiger partial charge in [-0.3, -0.25) is 4.79 Å². The maximum Gasteiger partial charge on any atom is 0.254 e. The minimum absolute atomic E-state index is 0.0541. The Morgan fingerprint density at radius 2 is 2.10 bits per heavy atom. The molecule has 1 saturated heterocycles. The van der Waals surface area contributed by atoms with Crippen molar-refractivity contribution in [3.8, 4) is 11.5 Å². The van der Waals surface area contributed by atoms with Gasteiger partial charge in [0, 0.05) is 25.3 Å². The van der Waals surface area contributed by atoms with Gasteiger partial charge in [0.1, 0.15) is 0 Å². The predicted molar refractivity (Wildman–Crippen MR) is 73.3 cm³/mol. The van der Waals surface area contributed by atoms with Crippen LogP contribution in [0, 0.1) is 5.92 Å². The van der Waals surface area contributed by atoms with Gasteiger partial charge in [-0.05, 0) is 30.9 Å². The molecule has 2 heterocycles. The SMILES string of the molecule is O=C(c1cc(Cl)c2c(c1)OCO2)N1CCC(CO)CC1. The van der Waals surface area contributed by atoms with Crippen molar-refractivity contribution in [1.82, 2.24) is 4.90 Å². The topological polar surface area (TPSA) is 59.0 Å². The largest absolute Gasteiger partial charge is 0.454 e. The summed E-state index contributed by atoms with van der Waals surface area (Å²) >= 11 is 6.09. The van der Waals surface area contributed by atoms with Gasteiger partial charge in [-0.15, -0.1) is 0 Å². The number of nitrogens with zero attached hydrogens (tertiary/aromatic N) is 1. The number of hydrogen-bond donors (Lipinski definition) is 1. The van der Waals surface area contributed by atoms with E-state index in [1.807, 2.05) is 0 Å². The molecule has 3 rings (SSSR count). The number of carbonyl (C=O) groups excluding carboxylic acids is 1. The van der Waals surface area contributed by atoms with E-state index in [-0.39, 0.29) is 19.3 Å². The smallest absolute Gasteiger partial charge is 0.254 e. The van der Waals surface area contributed by atoms with Gasteiger partial charge in [0.25, 0.3) is 5.91 Å². The lowest BCUT2D eigenvalue weighted by atomic mass is 9.97. The van der Waals surface area contributed by atoms with Crippen LogP contribution in [0.4, 0.5) is 0 Å². The Hall–Kier alpha value is -1.46. The quantitative estimate of drug-likeness (QED) is 0.906. The highest BCUT2D eigenvalue weighted by atomic mass is 35.5. The number of aliphatic hydroxyl groups excluding tert-OH is 1. The third kappa shape index (κ3) is 2.43. The van der Waals surface area contributed by atoms with Gasteiger partial charge in [0.2, 0.25) is 6.79 Å². The Morgan fingerprint density at radius 1 is 1.35 bits per heavy atom. The zero-order valence-electron chi connectivity index (χ0n) is 11.0. The Kier molecular flexibility index (Phi) is 3.72. The van der Waals surface area contributed by atoms with Crippen LogP contribution in [0.15, 0.2) is 12.1 Å². The van der Waals surface area contributed by atoms with Crippen molar-refractivity contribution >= 4 is 17.5 Å². The number of halogens is 1. The first-order valence-electron chi connectivity index (χ1n) is 6.68. The first-order valence-corrected chi connectivity index (χ1v) is 7.06. The molecular formula is C14H16ClNO4. The molecule has 0 aliphatic carbocycles. The van der Waals surface area contributed by atoms with Crippen molar-refractivity contribution in [2.24, 2.45) is 5.92 Å². The van der Waals surface area contributed by atoms with Crippen LogP contribution in [0.25, 0.3) is 0 Å². The van der Waals surface area contributed by atoms with Crippen LogP contribution < -0.4 is 9.47 Å². The minimum Gasteiger partial charge on any atom is -0.454 e. The summed E-state index contributed by atoms with van der Waals surface area (Å²) in [6.07, 6.45) is 1.67. The number of fused-ring (bicyclic) bond motifs is 1. The summed E-state index contributed by atoms with van der Waals surface area (Å²) in [5.41, 5.74) is 0.515. The van der Waals surface area contributed by atoms with E-state index in [9.17, 15) is 4.79 Å². The van der Waals surface area contributed by atoms with Crippen molar-refractivity contribution in [1.29, 1.82) is 0 Å². The zero-order valence-corrected chi connectivity index (χ0v) is 11.7. The fourth-order valence-corrected chi connectivity index (χ4v) is 2.86. The Balaban J connectivity index is 1.76. The van der Waals surface area contributed by atoms with E-state index in [0.717, 1.165) is 12.8 Å². The van der Waals surface area contributed by atoms with Crippen molar-refractivity contribution in [2.75, 3.05) is 26.5 Å². The average Bonchev–Trinajstić information content (AvgIpc) is 2.95. The molecule has 20 heavy (non-hydrogen) atoms. The van der Waals surface area contributed by atoms with Crippen LogP contribution in [0.5, 0.6) is 11.5 Å². The van der Waals surface area contributed by atoms with E-state index >= 15 is 0 Å². The molecule has 108 valence electrons. The van der Waals surface area contributed by atoms with Crippen molar-refractivity contribution in [2.45, 2.75) is 12.8 Å². The number of ether oxygens (including phenoxy) is 2. The summed E-state index contributed by atoms with van der Waals surface area (Å²) in [7, 11) is 0. The molecule has 1 amide bonds. The fraction of sp³-hybridized carbons (Fsp3) is 0.500. The minimum atomic E-state index is -0.0541. The predicted octanol–water partition coefficient (Wildman–Crippen LogP) is 1.91. The van der Waals surface area contributed by atoms with Gasteiger partial charge in [-0.2, -0.15) is 0 Å². The molecule has 2 aliphatic heterocycles. The van der Waals surface area contributed by atoms with Gasteiger partial charge in [0.05, 0.1) is 5.02 Å². The number of aliphatic hydroxyl groups is 1. The summed E-state index contributed by atoms with van der Waals surface area (Å²) in [5.74, 6) is 1.27. The second-order valence-corrected chi connectivity index (χ2v) is 5.52. The first kappa shape index (κ1) is 13.5. The molecule has 1 aromatic rings. The van der Waals surface area contributed by atoms with Crippen molar-refractivity contribution in [3.05, 3.63) is 22.7 Å². The molecule has 0 spiro atoms. The highest BCUT2D eigenvalue weighted by Crippen LogP contribution is 2.40. The molecule has 6 heteroatoms. The van der Waals surface area contributed by atoms with Crippen LogP contribution in [-0.4, -0.2) is 42.4 Å². The van der Waals surface area contributed by atoms with E-state index in [4.69, 9.17) is 26.2 Å². The summed E-state index contributed by atoms with van der Waals surface area (Å²) in [6, 6.07) is 3.30.